The van der Waals surface area contributed by atoms with Crippen molar-refractivity contribution in [3.63, 3.8) is 0 Å². The number of carbonyl (C=O) groups is 1. The Kier molecular flexibility index (Phi) is 4.92. The molecule has 2 aliphatic heterocycles. The largest absolute Gasteiger partial charge is 0.350 e. The summed E-state index contributed by atoms with van der Waals surface area (Å²) in [6.45, 7) is 15.1. The van der Waals surface area contributed by atoms with E-state index >= 15 is 0 Å². The minimum atomic E-state index is 0.0343. The van der Waals surface area contributed by atoms with Crippen LogP contribution in [0.2, 0.25) is 5.02 Å². The molecule has 1 aliphatic carbocycles. The molecule has 0 unspecified atom stereocenters. The number of benzene rings is 1. The van der Waals surface area contributed by atoms with Gasteiger partial charge in [0.15, 0.2) is 5.82 Å². The van der Waals surface area contributed by atoms with Crippen molar-refractivity contribution in [1.82, 2.24) is 24.9 Å². The van der Waals surface area contributed by atoms with Crippen LogP contribution in [0.3, 0.4) is 0 Å². The molecule has 3 aromatic rings. The first-order valence-electron chi connectivity index (χ1n) is 12.5. The van der Waals surface area contributed by atoms with Gasteiger partial charge in [-0.25, -0.2) is 0 Å². The molecular weight excluding hydrogens is 460 g/mol. The number of hydrogen-bond donors (Lipinski definition) is 1. The second kappa shape index (κ2) is 7.60. The summed E-state index contributed by atoms with van der Waals surface area (Å²) in [5.74, 6) is 1.06. The molecular formula is C27H33ClN6O. The Balaban J connectivity index is 1.43. The van der Waals surface area contributed by atoms with Gasteiger partial charge in [-0.3, -0.25) is 14.6 Å². The maximum atomic E-state index is 11.9. The number of anilines is 1. The van der Waals surface area contributed by atoms with Crippen molar-refractivity contribution in [3.8, 4) is 11.1 Å². The molecule has 0 bridgehead atoms. The molecule has 1 spiro atoms. The van der Waals surface area contributed by atoms with Crippen LogP contribution in [0.1, 0.15) is 56.8 Å². The van der Waals surface area contributed by atoms with Gasteiger partial charge in [0.25, 0.3) is 0 Å². The lowest BCUT2D eigenvalue weighted by Crippen LogP contribution is -2.63. The highest BCUT2D eigenvalue weighted by Gasteiger charge is 2.54. The second-order valence-corrected chi connectivity index (χ2v) is 11.8. The molecule has 3 fully saturated rings. The molecule has 6 rings (SSSR count). The van der Waals surface area contributed by atoms with Crippen LogP contribution < -0.4 is 4.90 Å². The van der Waals surface area contributed by atoms with Crippen molar-refractivity contribution < 1.29 is 4.79 Å². The van der Waals surface area contributed by atoms with Crippen molar-refractivity contribution in [2.24, 2.45) is 5.41 Å². The standard InChI is InChI=1S/C27H33ClN6O/c1-6-21(35)32-14-27(15-32)11-18(12-27)34-17(3)22(25(31-34)33-9-7-8-26(33,4)5)23-19-13-29-30-20(19)10-16(2)24(23)28/h6,10,13,18H,1,7-9,11-12,14-15H2,2-5H3,(H,29,30). The molecule has 1 saturated carbocycles. The van der Waals surface area contributed by atoms with Crippen LogP contribution in [0.5, 0.6) is 0 Å². The fourth-order valence-corrected chi connectivity index (χ4v) is 6.96. The number of rotatable bonds is 4. The summed E-state index contributed by atoms with van der Waals surface area (Å²) in [7, 11) is 0. The molecule has 4 heterocycles. The van der Waals surface area contributed by atoms with Crippen LogP contribution in [0.15, 0.2) is 24.9 Å². The van der Waals surface area contributed by atoms with Crippen LogP contribution in [-0.4, -0.2) is 56.0 Å². The topological polar surface area (TPSA) is 70.1 Å². The Labute approximate surface area is 211 Å². The van der Waals surface area contributed by atoms with Crippen molar-refractivity contribution in [2.45, 2.75) is 65.0 Å². The fourth-order valence-electron chi connectivity index (χ4n) is 6.71. The molecule has 35 heavy (non-hydrogen) atoms. The van der Waals surface area contributed by atoms with Gasteiger partial charge in [0, 0.05) is 52.8 Å². The van der Waals surface area contributed by atoms with E-state index in [4.69, 9.17) is 16.7 Å². The summed E-state index contributed by atoms with van der Waals surface area (Å²) in [6.07, 6.45) is 7.67. The SMILES string of the molecule is C=CC(=O)N1CC2(CC(n3nc(N4CCCC4(C)C)c(-c4c(Cl)c(C)cc5[nH]ncc45)c3C)C2)C1. The number of fused-ring (bicyclic) bond motifs is 1. The lowest BCUT2D eigenvalue weighted by atomic mass is 9.60. The number of nitrogens with one attached hydrogen (secondary N) is 1. The van der Waals surface area contributed by atoms with Gasteiger partial charge in [0.2, 0.25) is 5.91 Å². The van der Waals surface area contributed by atoms with E-state index in [1.54, 1.807) is 0 Å². The van der Waals surface area contributed by atoms with Crippen LogP contribution in [0.25, 0.3) is 22.0 Å². The zero-order valence-corrected chi connectivity index (χ0v) is 21.7. The number of nitrogens with zero attached hydrogens (tertiary/aromatic N) is 5. The van der Waals surface area contributed by atoms with Gasteiger partial charge in [-0.2, -0.15) is 10.2 Å². The number of carbonyl (C=O) groups excluding carboxylic acids is 1. The number of hydrogen-bond acceptors (Lipinski definition) is 4. The summed E-state index contributed by atoms with van der Waals surface area (Å²) in [6, 6.07) is 2.40. The number of likely N-dealkylation sites (tertiary alicyclic amines) is 1. The Morgan fingerprint density at radius 2 is 2.00 bits per heavy atom. The fraction of sp³-hybridized carbons (Fsp3) is 0.519. The molecule has 184 valence electrons. The van der Waals surface area contributed by atoms with E-state index < -0.39 is 0 Å². The molecule has 1 N–H and O–H groups in total. The van der Waals surface area contributed by atoms with Crippen molar-refractivity contribution in [2.75, 3.05) is 24.5 Å². The Bertz CT molecular complexity index is 1350. The molecule has 1 aromatic carbocycles. The predicted molar refractivity (Wildman–Crippen MR) is 140 cm³/mol. The van der Waals surface area contributed by atoms with Gasteiger partial charge in [-0.15, -0.1) is 0 Å². The van der Waals surface area contributed by atoms with Gasteiger partial charge in [-0.1, -0.05) is 18.2 Å². The van der Waals surface area contributed by atoms with E-state index in [1.165, 1.54) is 6.08 Å². The maximum Gasteiger partial charge on any atom is 0.245 e. The minimum Gasteiger partial charge on any atom is -0.350 e. The minimum absolute atomic E-state index is 0.0343. The first-order valence-corrected chi connectivity index (χ1v) is 12.9. The molecule has 3 aliphatic rings. The van der Waals surface area contributed by atoms with Crippen LogP contribution in [-0.2, 0) is 4.79 Å². The number of halogens is 1. The highest BCUT2D eigenvalue weighted by Crippen LogP contribution is 2.56. The Morgan fingerprint density at radius 1 is 1.26 bits per heavy atom. The summed E-state index contributed by atoms with van der Waals surface area (Å²) in [5.41, 5.74) is 5.58. The van der Waals surface area contributed by atoms with Gasteiger partial charge in [0.05, 0.1) is 22.8 Å². The second-order valence-electron chi connectivity index (χ2n) is 11.5. The van der Waals surface area contributed by atoms with Crippen molar-refractivity contribution in [1.29, 1.82) is 0 Å². The lowest BCUT2D eigenvalue weighted by molar-refractivity contribution is -0.149. The summed E-state index contributed by atoms with van der Waals surface area (Å²) in [5, 5.41) is 14.6. The van der Waals surface area contributed by atoms with Gasteiger partial charge < -0.3 is 9.80 Å². The maximum absolute atomic E-state index is 11.9. The zero-order valence-electron chi connectivity index (χ0n) is 21.0. The molecule has 8 heteroatoms. The third-order valence-corrected chi connectivity index (χ3v) is 9.11. The summed E-state index contributed by atoms with van der Waals surface area (Å²) >= 11 is 7.02. The molecule has 0 radical (unpaired) electrons. The molecule has 2 saturated heterocycles. The average molecular weight is 493 g/mol. The van der Waals surface area contributed by atoms with Gasteiger partial charge >= 0.3 is 0 Å². The molecule has 0 atom stereocenters. The monoisotopic (exact) mass is 492 g/mol. The van der Waals surface area contributed by atoms with Gasteiger partial charge in [0.1, 0.15) is 0 Å². The summed E-state index contributed by atoms with van der Waals surface area (Å²) < 4.78 is 2.24. The van der Waals surface area contributed by atoms with Crippen LogP contribution in [0, 0.1) is 19.3 Å². The van der Waals surface area contributed by atoms with Gasteiger partial charge in [-0.05, 0) is 71.1 Å². The molecule has 2 aromatic heterocycles. The first kappa shape index (κ1) is 22.7. The number of amides is 1. The highest BCUT2D eigenvalue weighted by atomic mass is 35.5. The number of aromatic nitrogens is 4. The van der Waals surface area contributed by atoms with E-state index in [1.807, 2.05) is 18.0 Å². The highest BCUT2D eigenvalue weighted by molar-refractivity contribution is 6.36. The normalized spacial score (nSPS) is 20.9. The molecule has 1 amide bonds. The number of H-pyrrole nitrogens is 1. The third-order valence-electron chi connectivity index (χ3n) is 8.62. The van der Waals surface area contributed by atoms with E-state index in [0.717, 1.165) is 89.4 Å². The first-order chi connectivity index (χ1) is 16.6. The Morgan fingerprint density at radius 3 is 2.66 bits per heavy atom. The quantitative estimate of drug-likeness (QED) is 0.493. The van der Waals surface area contributed by atoms with Crippen molar-refractivity contribution >= 4 is 34.2 Å². The third kappa shape index (κ3) is 3.27. The van der Waals surface area contributed by atoms with Crippen molar-refractivity contribution in [3.05, 3.63) is 41.2 Å². The number of aryl methyl sites for hydroxylation is 1. The lowest BCUT2D eigenvalue weighted by Gasteiger charge is -2.58. The smallest absolute Gasteiger partial charge is 0.245 e. The van der Waals surface area contributed by atoms with E-state index in [2.05, 4.69) is 53.2 Å². The van der Waals surface area contributed by atoms with Crippen LogP contribution >= 0.6 is 11.6 Å². The summed E-state index contributed by atoms with van der Waals surface area (Å²) in [4.78, 5) is 16.3. The van der Waals surface area contributed by atoms with E-state index in [0.29, 0.717) is 6.04 Å². The predicted octanol–water partition coefficient (Wildman–Crippen LogP) is 5.42. The van der Waals surface area contributed by atoms with E-state index in [-0.39, 0.29) is 16.9 Å². The molecule has 7 nitrogen and oxygen atoms in total. The number of aromatic amines is 1. The zero-order chi connectivity index (χ0) is 24.7. The van der Waals surface area contributed by atoms with Crippen LogP contribution in [0.4, 0.5) is 5.82 Å². The van der Waals surface area contributed by atoms with E-state index in [9.17, 15) is 4.79 Å². The average Bonchev–Trinajstić information content (AvgIpc) is 3.44. The Hall–Kier alpha value is -2.80.